The minimum absolute atomic E-state index is 0.00464. The third-order valence-electron chi connectivity index (χ3n) is 6.32. The van der Waals surface area contributed by atoms with E-state index in [0.29, 0.717) is 6.04 Å². The Balaban J connectivity index is 1.43. The Morgan fingerprint density at radius 2 is 2.03 bits per heavy atom. The van der Waals surface area contributed by atoms with Gasteiger partial charge in [-0.2, -0.15) is 0 Å². The van der Waals surface area contributed by atoms with Gasteiger partial charge < -0.3 is 24.6 Å². The van der Waals surface area contributed by atoms with Crippen molar-refractivity contribution < 1.29 is 14.3 Å². The summed E-state index contributed by atoms with van der Waals surface area (Å²) in [5, 5.41) is 3.48. The van der Waals surface area contributed by atoms with Crippen LogP contribution < -0.4 is 5.32 Å². The van der Waals surface area contributed by atoms with Crippen molar-refractivity contribution in [1.82, 2.24) is 20.0 Å². The van der Waals surface area contributed by atoms with Crippen LogP contribution in [0.1, 0.15) is 18.4 Å². The van der Waals surface area contributed by atoms with E-state index in [1.165, 1.54) is 5.56 Å². The SMILES string of the molecule is CN(C)C(=O)CN=C(NCC1CCCO1)N1CC2OCCN(Cc3ccccc3)C2C1. The molecular weight excluding hydrogens is 394 g/mol. The van der Waals surface area contributed by atoms with Gasteiger partial charge in [0.15, 0.2) is 5.96 Å². The molecule has 1 aromatic rings. The van der Waals surface area contributed by atoms with E-state index in [1.807, 2.05) is 0 Å². The highest BCUT2D eigenvalue weighted by atomic mass is 16.5. The molecule has 0 bridgehead atoms. The number of nitrogens with one attached hydrogen (secondary N) is 1. The number of aliphatic imine (C=N–C) groups is 1. The number of likely N-dealkylation sites (tertiary alicyclic amines) is 1. The zero-order valence-electron chi connectivity index (χ0n) is 18.7. The second kappa shape index (κ2) is 10.4. The Labute approximate surface area is 185 Å². The molecule has 1 N–H and O–H groups in total. The Morgan fingerprint density at radius 3 is 2.77 bits per heavy atom. The van der Waals surface area contributed by atoms with Crippen molar-refractivity contribution in [2.45, 2.75) is 37.6 Å². The summed E-state index contributed by atoms with van der Waals surface area (Å²) >= 11 is 0. The lowest BCUT2D eigenvalue weighted by Crippen LogP contribution is -2.50. The number of nitrogens with zero attached hydrogens (tertiary/aromatic N) is 4. The molecule has 170 valence electrons. The van der Waals surface area contributed by atoms with Crippen LogP contribution in [0, 0.1) is 0 Å². The summed E-state index contributed by atoms with van der Waals surface area (Å²) in [5.74, 6) is 0.776. The van der Waals surface area contributed by atoms with Crippen LogP contribution in [0.2, 0.25) is 0 Å². The van der Waals surface area contributed by atoms with Crippen LogP contribution in [-0.2, 0) is 20.8 Å². The second-order valence-electron chi connectivity index (χ2n) is 8.78. The average Bonchev–Trinajstić information content (AvgIpc) is 3.44. The van der Waals surface area contributed by atoms with E-state index >= 15 is 0 Å². The summed E-state index contributed by atoms with van der Waals surface area (Å²) in [6.07, 6.45) is 2.53. The van der Waals surface area contributed by atoms with E-state index in [4.69, 9.17) is 9.47 Å². The molecule has 3 atom stereocenters. The zero-order chi connectivity index (χ0) is 21.6. The van der Waals surface area contributed by atoms with Crippen molar-refractivity contribution >= 4 is 11.9 Å². The standard InChI is InChI=1S/C23H35N5O3/c1-26(2)22(29)14-25-23(24-13-19-9-6-11-30-19)28-16-20-21(17-28)31-12-10-27(20)15-18-7-4-3-5-8-18/h3-5,7-8,19-21H,6,9-17H2,1-2H3,(H,24,25). The van der Waals surface area contributed by atoms with Gasteiger partial charge in [-0.25, -0.2) is 4.99 Å². The Bertz CT molecular complexity index is 751. The minimum Gasteiger partial charge on any atom is -0.376 e. The largest absolute Gasteiger partial charge is 0.376 e. The molecular formula is C23H35N5O3. The normalized spacial score (nSPS) is 26.7. The molecule has 8 heteroatoms. The topological polar surface area (TPSA) is 69.6 Å². The van der Waals surface area contributed by atoms with Crippen LogP contribution in [-0.4, -0.2) is 105 Å². The molecule has 0 aromatic heterocycles. The van der Waals surface area contributed by atoms with Gasteiger partial charge in [0.1, 0.15) is 6.54 Å². The van der Waals surface area contributed by atoms with Crippen molar-refractivity contribution in [3.8, 4) is 0 Å². The first-order valence-corrected chi connectivity index (χ1v) is 11.3. The van der Waals surface area contributed by atoms with E-state index in [2.05, 4.69) is 50.4 Å². The molecule has 0 spiro atoms. The monoisotopic (exact) mass is 429 g/mol. The maximum Gasteiger partial charge on any atom is 0.243 e. The van der Waals surface area contributed by atoms with E-state index < -0.39 is 0 Å². The van der Waals surface area contributed by atoms with Crippen molar-refractivity contribution in [2.24, 2.45) is 4.99 Å². The fourth-order valence-corrected chi connectivity index (χ4v) is 4.51. The highest BCUT2D eigenvalue weighted by Crippen LogP contribution is 2.25. The van der Waals surface area contributed by atoms with E-state index in [1.54, 1.807) is 19.0 Å². The molecule has 1 aromatic carbocycles. The molecule has 3 aliphatic heterocycles. The molecule has 31 heavy (non-hydrogen) atoms. The number of rotatable bonds is 6. The van der Waals surface area contributed by atoms with Gasteiger partial charge in [0.05, 0.1) is 24.9 Å². The molecule has 3 heterocycles. The van der Waals surface area contributed by atoms with Gasteiger partial charge in [-0.05, 0) is 18.4 Å². The summed E-state index contributed by atoms with van der Waals surface area (Å²) in [7, 11) is 3.52. The van der Waals surface area contributed by atoms with Gasteiger partial charge in [0.25, 0.3) is 0 Å². The number of likely N-dealkylation sites (N-methyl/N-ethyl adjacent to an activating group) is 1. The Morgan fingerprint density at radius 1 is 1.19 bits per heavy atom. The summed E-state index contributed by atoms with van der Waals surface area (Å²) in [6, 6.07) is 10.9. The quantitative estimate of drug-likeness (QED) is 0.533. The lowest BCUT2D eigenvalue weighted by atomic mass is 10.1. The summed E-state index contributed by atoms with van der Waals surface area (Å²) in [4.78, 5) is 23.2. The first-order chi connectivity index (χ1) is 15.1. The molecule has 8 nitrogen and oxygen atoms in total. The van der Waals surface area contributed by atoms with Gasteiger partial charge in [-0.1, -0.05) is 30.3 Å². The molecule has 0 aliphatic carbocycles. The fourth-order valence-electron chi connectivity index (χ4n) is 4.51. The molecule has 3 saturated heterocycles. The fraction of sp³-hybridized carbons (Fsp3) is 0.652. The number of hydrogen-bond acceptors (Lipinski definition) is 5. The molecule has 0 radical (unpaired) electrons. The molecule has 3 unspecified atom stereocenters. The van der Waals surface area contributed by atoms with Gasteiger partial charge in [-0.3, -0.25) is 9.69 Å². The van der Waals surface area contributed by atoms with Gasteiger partial charge >= 0.3 is 0 Å². The van der Waals surface area contributed by atoms with Crippen LogP contribution in [0.3, 0.4) is 0 Å². The number of hydrogen-bond donors (Lipinski definition) is 1. The number of carbonyl (C=O) groups is 1. The van der Waals surface area contributed by atoms with Crippen LogP contribution in [0.15, 0.2) is 35.3 Å². The molecule has 3 fully saturated rings. The molecule has 0 saturated carbocycles. The maximum atomic E-state index is 12.1. The van der Waals surface area contributed by atoms with Crippen LogP contribution in [0.5, 0.6) is 0 Å². The van der Waals surface area contributed by atoms with Crippen molar-refractivity contribution in [2.75, 3.05) is 60.0 Å². The summed E-state index contributed by atoms with van der Waals surface area (Å²) in [6.45, 7) is 5.91. The Hall–Kier alpha value is -2.16. The maximum absolute atomic E-state index is 12.1. The van der Waals surface area contributed by atoms with Crippen LogP contribution in [0.25, 0.3) is 0 Å². The number of guanidine groups is 1. The molecule has 3 aliphatic rings. The Kier molecular flexibility index (Phi) is 7.42. The number of morpholine rings is 1. The smallest absolute Gasteiger partial charge is 0.243 e. The first-order valence-electron chi connectivity index (χ1n) is 11.3. The van der Waals surface area contributed by atoms with Crippen molar-refractivity contribution in [1.29, 1.82) is 0 Å². The molecule has 4 rings (SSSR count). The summed E-state index contributed by atoms with van der Waals surface area (Å²) in [5.41, 5.74) is 1.32. The van der Waals surface area contributed by atoms with E-state index in [-0.39, 0.29) is 24.7 Å². The lowest BCUT2D eigenvalue weighted by molar-refractivity contribution is -0.127. The average molecular weight is 430 g/mol. The van der Waals surface area contributed by atoms with Crippen LogP contribution >= 0.6 is 0 Å². The van der Waals surface area contributed by atoms with Crippen molar-refractivity contribution in [3.63, 3.8) is 0 Å². The number of ether oxygens (including phenoxy) is 2. The summed E-state index contributed by atoms with van der Waals surface area (Å²) < 4.78 is 11.9. The van der Waals surface area contributed by atoms with Crippen LogP contribution in [0.4, 0.5) is 0 Å². The second-order valence-corrected chi connectivity index (χ2v) is 8.78. The number of amides is 1. The van der Waals surface area contributed by atoms with Gasteiger partial charge in [0.2, 0.25) is 5.91 Å². The third kappa shape index (κ3) is 5.75. The lowest BCUT2D eigenvalue weighted by Gasteiger charge is -2.36. The minimum atomic E-state index is -0.00464. The van der Waals surface area contributed by atoms with Gasteiger partial charge in [-0.15, -0.1) is 0 Å². The van der Waals surface area contributed by atoms with Crippen molar-refractivity contribution in [3.05, 3.63) is 35.9 Å². The zero-order valence-corrected chi connectivity index (χ0v) is 18.7. The predicted molar refractivity (Wildman–Crippen MR) is 120 cm³/mol. The highest BCUT2D eigenvalue weighted by Gasteiger charge is 2.41. The number of benzene rings is 1. The predicted octanol–water partition coefficient (Wildman–Crippen LogP) is 0.784. The number of fused-ring (bicyclic) bond motifs is 1. The van der Waals surface area contributed by atoms with E-state index in [9.17, 15) is 4.79 Å². The molecule has 1 amide bonds. The number of carbonyl (C=O) groups excluding carboxylic acids is 1. The van der Waals surface area contributed by atoms with E-state index in [0.717, 1.165) is 64.7 Å². The van der Waals surface area contributed by atoms with Gasteiger partial charge in [0, 0.05) is 53.4 Å². The first kappa shape index (κ1) is 22.0. The third-order valence-corrected chi connectivity index (χ3v) is 6.32. The highest BCUT2D eigenvalue weighted by molar-refractivity contribution is 5.85.